The van der Waals surface area contributed by atoms with Crippen molar-refractivity contribution in [3.8, 4) is 0 Å². The predicted octanol–water partition coefficient (Wildman–Crippen LogP) is 2.13. The molecule has 0 aliphatic carbocycles. The molecular weight excluding hydrogens is 425 g/mol. The number of nitro groups is 1. The zero-order valence-corrected chi connectivity index (χ0v) is 17.3. The Kier molecular flexibility index (Phi) is 6.91. The lowest BCUT2D eigenvalue weighted by atomic mass is 10.1. The van der Waals surface area contributed by atoms with Gasteiger partial charge in [0, 0.05) is 31.9 Å². The Morgan fingerprint density at radius 2 is 1.75 bits per heavy atom. The lowest BCUT2D eigenvalue weighted by Gasteiger charge is -2.30. The molecule has 1 fully saturated rings. The van der Waals surface area contributed by atoms with Crippen LogP contribution in [0.2, 0.25) is 0 Å². The minimum absolute atomic E-state index is 0.0852. The average molecular weight is 445 g/mol. The lowest BCUT2D eigenvalue weighted by Crippen LogP contribution is -2.49. The van der Waals surface area contributed by atoms with Crippen LogP contribution in [0.5, 0.6) is 0 Å². The second-order valence-corrected chi connectivity index (χ2v) is 6.93. The second kappa shape index (κ2) is 9.62. The number of nitrogens with zero attached hydrogens (tertiary/aromatic N) is 3. The third kappa shape index (κ3) is 4.63. The van der Waals surface area contributed by atoms with Crippen molar-refractivity contribution in [1.82, 2.24) is 4.90 Å². The van der Waals surface area contributed by atoms with E-state index in [0.29, 0.717) is 0 Å². The van der Waals surface area contributed by atoms with E-state index in [-0.39, 0.29) is 29.9 Å². The summed E-state index contributed by atoms with van der Waals surface area (Å²) in [4.78, 5) is 51.3. The normalized spacial score (nSPS) is 16.0. The van der Waals surface area contributed by atoms with Crippen molar-refractivity contribution in [1.29, 1.82) is 0 Å². The fourth-order valence-corrected chi connectivity index (χ4v) is 3.37. The van der Waals surface area contributed by atoms with Crippen LogP contribution in [-0.4, -0.2) is 60.6 Å². The van der Waals surface area contributed by atoms with Crippen molar-refractivity contribution < 1.29 is 33.2 Å². The standard InChI is InChI=1S/C21H20FN3O7/c1-31-19(32-2)12-23(20(27)13-3-7-16(8-4-13)25(29)30)17-11-18(26)24(21(17)28)15-9-5-14(22)6-10-15/h3-10,17,19H,11-12H2,1-2H3. The lowest BCUT2D eigenvalue weighted by molar-refractivity contribution is -0.384. The number of imide groups is 1. The van der Waals surface area contributed by atoms with Crippen LogP contribution in [0, 0.1) is 15.9 Å². The maximum absolute atomic E-state index is 13.3. The summed E-state index contributed by atoms with van der Waals surface area (Å²) in [7, 11) is 2.71. The number of nitro benzene ring substituents is 1. The van der Waals surface area contributed by atoms with Gasteiger partial charge in [-0.15, -0.1) is 0 Å². The van der Waals surface area contributed by atoms with Gasteiger partial charge in [-0.05, 0) is 36.4 Å². The molecule has 0 N–H and O–H groups in total. The topological polar surface area (TPSA) is 119 Å². The summed E-state index contributed by atoms with van der Waals surface area (Å²) in [6.07, 6.45) is -1.19. The van der Waals surface area contributed by atoms with E-state index in [0.717, 1.165) is 21.9 Å². The fourth-order valence-electron chi connectivity index (χ4n) is 3.37. The molecule has 1 aliphatic heterocycles. The number of anilines is 1. The number of non-ortho nitro benzene ring substituents is 1. The third-order valence-electron chi connectivity index (χ3n) is 5.04. The molecule has 11 heteroatoms. The number of rotatable bonds is 8. The molecule has 168 valence electrons. The molecule has 0 radical (unpaired) electrons. The third-order valence-corrected chi connectivity index (χ3v) is 5.04. The van der Waals surface area contributed by atoms with Crippen molar-refractivity contribution in [2.45, 2.75) is 18.8 Å². The van der Waals surface area contributed by atoms with E-state index in [1.165, 1.54) is 50.6 Å². The molecule has 0 saturated carbocycles. The summed E-state index contributed by atoms with van der Waals surface area (Å²) in [5.74, 6) is -2.38. The quantitative estimate of drug-likeness (QED) is 0.264. The first kappa shape index (κ1) is 23.0. The van der Waals surface area contributed by atoms with Gasteiger partial charge in [-0.3, -0.25) is 24.5 Å². The second-order valence-electron chi connectivity index (χ2n) is 6.93. The summed E-state index contributed by atoms with van der Waals surface area (Å²) in [5, 5.41) is 10.9. The molecule has 1 saturated heterocycles. The first-order valence-corrected chi connectivity index (χ1v) is 9.50. The predicted molar refractivity (Wildman–Crippen MR) is 109 cm³/mol. The largest absolute Gasteiger partial charge is 0.354 e. The molecule has 3 rings (SSSR count). The van der Waals surface area contributed by atoms with Gasteiger partial charge >= 0.3 is 0 Å². The summed E-state index contributed by atoms with van der Waals surface area (Å²) in [6, 6.07) is 8.53. The van der Waals surface area contributed by atoms with E-state index < -0.39 is 40.8 Å². The highest BCUT2D eigenvalue weighted by molar-refractivity contribution is 6.23. The number of hydrogen-bond acceptors (Lipinski definition) is 7. The number of hydrogen-bond donors (Lipinski definition) is 0. The first-order chi connectivity index (χ1) is 15.3. The fraction of sp³-hybridized carbons (Fsp3) is 0.286. The minimum Gasteiger partial charge on any atom is -0.354 e. The number of ether oxygens (including phenoxy) is 2. The van der Waals surface area contributed by atoms with Gasteiger partial charge in [0.1, 0.15) is 11.9 Å². The van der Waals surface area contributed by atoms with E-state index in [1.54, 1.807) is 0 Å². The van der Waals surface area contributed by atoms with Crippen molar-refractivity contribution in [2.75, 3.05) is 25.7 Å². The van der Waals surface area contributed by atoms with Gasteiger partial charge in [0.2, 0.25) is 5.91 Å². The zero-order valence-electron chi connectivity index (χ0n) is 17.3. The van der Waals surface area contributed by atoms with Gasteiger partial charge in [0.05, 0.1) is 23.6 Å². The van der Waals surface area contributed by atoms with Gasteiger partial charge in [0.15, 0.2) is 6.29 Å². The van der Waals surface area contributed by atoms with Crippen LogP contribution in [0.25, 0.3) is 0 Å². The molecule has 1 heterocycles. The smallest absolute Gasteiger partial charge is 0.269 e. The zero-order chi connectivity index (χ0) is 23.4. The number of methoxy groups -OCH3 is 2. The van der Waals surface area contributed by atoms with Crippen molar-refractivity contribution in [3.05, 3.63) is 70.0 Å². The summed E-state index contributed by atoms with van der Waals surface area (Å²) < 4.78 is 23.6. The molecule has 2 aromatic carbocycles. The van der Waals surface area contributed by atoms with E-state index in [4.69, 9.17) is 9.47 Å². The first-order valence-electron chi connectivity index (χ1n) is 9.50. The monoisotopic (exact) mass is 445 g/mol. The van der Waals surface area contributed by atoms with Gasteiger partial charge < -0.3 is 14.4 Å². The van der Waals surface area contributed by atoms with Crippen molar-refractivity contribution in [2.24, 2.45) is 0 Å². The Balaban J connectivity index is 1.93. The molecule has 0 aromatic heterocycles. The molecule has 1 aliphatic rings. The number of carbonyl (C=O) groups is 3. The van der Waals surface area contributed by atoms with Crippen molar-refractivity contribution >= 4 is 29.1 Å². The maximum atomic E-state index is 13.3. The molecule has 1 unspecified atom stereocenters. The Bertz CT molecular complexity index is 1020. The molecule has 32 heavy (non-hydrogen) atoms. The summed E-state index contributed by atoms with van der Waals surface area (Å²) >= 11 is 0. The number of carbonyl (C=O) groups excluding carboxylic acids is 3. The minimum atomic E-state index is -1.16. The van der Waals surface area contributed by atoms with E-state index in [2.05, 4.69) is 0 Å². The van der Waals surface area contributed by atoms with E-state index in [1.807, 2.05) is 0 Å². The number of benzene rings is 2. The van der Waals surface area contributed by atoms with Crippen LogP contribution in [-0.2, 0) is 19.1 Å². The molecule has 1 atom stereocenters. The average Bonchev–Trinajstić information content (AvgIpc) is 3.08. The highest BCUT2D eigenvalue weighted by Gasteiger charge is 2.45. The van der Waals surface area contributed by atoms with Gasteiger partial charge in [-0.1, -0.05) is 0 Å². The van der Waals surface area contributed by atoms with Crippen LogP contribution < -0.4 is 4.90 Å². The van der Waals surface area contributed by atoms with Gasteiger partial charge in [0.25, 0.3) is 17.5 Å². The van der Waals surface area contributed by atoms with Crippen LogP contribution in [0.4, 0.5) is 15.8 Å². The number of halogens is 1. The van der Waals surface area contributed by atoms with Crippen LogP contribution >= 0.6 is 0 Å². The summed E-state index contributed by atoms with van der Waals surface area (Å²) in [6.45, 7) is -0.177. The maximum Gasteiger partial charge on any atom is 0.269 e. The molecular formula is C21H20FN3O7. The Morgan fingerprint density at radius 3 is 2.28 bits per heavy atom. The number of amides is 3. The molecule has 10 nitrogen and oxygen atoms in total. The SMILES string of the molecule is COC(CN(C(=O)c1ccc([N+](=O)[O-])cc1)C1CC(=O)N(c2ccc(F)cc2)C1=O)OC. The van der Waals surface area contributed by atoms with Gasteiger partial charge in [-0.2, -0.15) is 0 Å². The summed E-state index contributed by atoms with van der Waals surface area (Å²) in [5.41, 5.74) is 0.0677. The van der Waals surface area contributed by atoms with E-state index >= 15 is 0 Å². The Morgan fingerprint density at radius 1 is 1.16 bits per heavy atom. The van der Waals surface area contributed by atoms with Crippen LogP contribution in [0.1, 0.15) is 16.8 Å². The van der Waals surface area contributed by atoms with Gasteiger partial charge in [-0.25, -0.2) is 9.29 Å². The highest BCUT2D eigenvalue weighted by atomic mass is 19.1. The molecule has 3 amide bonds. The Labute approximate surface area is 182 Å². The molecule has 0 bridgehead atoms. The van der Waals surface area contributed by atoms with Crippen LogP contribution in [0.3, 0.4) is 0 Å². The molecule has 0 spiro atoms. The Hall–Kier alpha value is -3.70. The van der Waals surface area contributed by atoms with Crippen LogP contribution in [0.15, 0.2) is 48.5 Å². The molecule has 2 aromatic rings. The van der Waals surface area contributed by atoms with E-state index in [9.17, 15) is 28.9 Å². The highest BCUT2D eigenvalue weighted by Crippen LogP contribution is 2.27. The van der Waals surface area contributed by atoms with Crippen molar-refractivity contribution in [3.63, 3.8) is 0 Å².